The molecule has 0 aromatic carbocycles. The van der Waals surface area contributed by atoms with E-state index in [4.69, 9.17) is 4.74 Å². The maximum atomic E-state index is 5.84. The van der Waals surface area contributed by atoms with E-state index in [1.165, 1.54) is 12.8 Å². The summed E-state index contributed by atoms with van der Waals surface area (Å²) in [5.41, 5.74) is 1.13. The molecule has 1 N–H and O–H groups in total. The van der Waals surface area contributed by atoms with Crippen molar-refractivity contribution in [2.45, 2.75) is 32.0 Å². The van der Waals surface area contributed by atoms with Gasteiger partial charge in [0.05, 0.1) is 12.2 Å². The van der Waals surface area contributed by atoms with E-state index in [0.717, 1.165) is 24.5 Å². The first kappa shape index (κ1) is 10.8. The molecule has 3 rings (SSSR count). The number of rotatable bonds is 2. The van der Waals surface area contributed by atoms with Gasteiger partial charge in [-0.1, -0.05) is 0 Å². The number of nitrogens with zero attached hydrogens (tertiary/aromatic N) is 3. The van der Waals surface area contributed by atoms with Crippen molar-refractivity contribution in [3.05, 3.63) is 11.8 Å². The second-order valence-electron chi connectivity index (χ2n) is 4.81. The van der Waals surface area contributed by atoms with E-state index in [9.17, 15) is 0 Å². The van der Waals surface area contributed by atoms with Gasteiger partial charge in [0, 0.05) is 31.9 Å². The number of aromatic nitrogens is 2. The van der Waals surface area contributed by atoms with Gasteiger partial charge in [0.2, 0.25) is 5.95 Å². The summed E-state index contributed by atoms with van der Waals surface area (Å²) >= 11 is 0. The Kier molecular flexibility index (Phi) is 2.63. The van der Waals surface area contributed by atoms with Crippen molar-refractivity contribution in [2.75, 3.05) is 30.4 Å². The molecule has 2 aliphatic rings. The Morgan fingerprint density at radius 3 is 2.71 bits per heavy atom. The quantitative estimate of drug-likeness (QED) is 0.833. The second kappa shape index (κ2) is 4.14. The number of hydrogen-bond donors (Lipinski definition) is 1. The van der Waals surface area contributed by atoms with Crippen LogP contribution in [0.1, 0.15) is 18.4 Å². The Morgan fingerprint density at radius 1 is 1.35 bits per heavy atom. The lowest BCUT2D eigenvalue weighted by atomic mass is 10.2. The largest absolute Gasteiger partial charge is 0.371 e. The van der Waals surface area contributed by atoms with Crippen molar-refractivity contribution in [2.24, 2.45) is 0 Å². The highest BCUT2D eigenvalue weighted by atomic mass is 16.5. The van der Waals surface area contributed by atoms with Crippen LogP contribution in [0.2, 0.25) is 0 Å². The predicted molar refractivity (Wildman–Crippen MR) is 66.4 cm³/mol. The standard InChI is InChI=1S/C12H18N4O/c1-8-5-14-12(13-2)15-11(8)16-6-9-3-4-10(7-16)17-9/h5,9-10H,3-4,6-7H2,1-2H3,(H,13,14,15). The number of fused-ring (bicyclic) bond motifs is 2. The number of hydrogen-bond acceptors (Lipinski definition) is 5. The lowest BCUT2D eigenvalue weighted by Gasteiger charge is -2.33. The van der Waals surface area contributed by atoms with Crippen LogP contribution in [0, 0.1) is 6.92 Å². The monoisotopic (exact) mass is 234 g/mol. The summed E-state index contributed by atoms with van der Waals surface area (Å²) in [7, 11) is 1.84. The van der Waals surface area contributed by atoms with Crippen molar-refractivity contribution in [3.8, 4) is 0 Å². The molecule has 2 fully saturated rings. The molecule has 0 radical (unpaired) electrons. The smallest absolute Gasteiger partial charge is 0.224 e. The molecule has 1 aromatic rings. The zero-order valence-electron chi connectivity index (χ0n) is 10.3. The molecule has 3 heterocycles. The predicted octanol–water partition coefficient (Wildman–Crippen LogP) is 1.19. The topological polar surface area (TPSA) is 50.3 Å². The zero-order chi connectivity index (χ0) is 11.8. The van der Waals surface area contributed by atoms with Gasteiger partial charge in [0.25, 0.3) is 0 Å². The first-order valence-electron chi connectivity index (χ1n) is 6.18. The molecule has 5 heteroatoms. The summed E-state index contributed by atoms with van der Waals surface area (Å²) in [6.45, 7) is 3.97. The number of aryl methyl sites for hydroxylation is 1. The zero-order valence-corrected chi connectivity index (χ0v) is 10.3. The molecule has 2 bridgehead atoms. The highest BCUT2D eigenvalue weighted by Gasteiger charge is 2.34. The van der Waals surface area contributed by atoms with Crippen LogP contribution in [0.15, 0.2) is 6.20 Å². The van der Waals surface area contributed by atoms with Crippen LogP contribution in [0.3, 0.4) is 0 Å². The average Bonchev–Trinajstić information content (AvgIpc) is 2.69. The normalized spacial score (nSPS) is 27.3. The van der Waals surface area contributed by atoms with E-state index in [0.29, 0.717) is 18.2 Å². The fourth-order valence-corrected chi connectivity index (χ4v) is 2.66. The fraction of sp³-hybridized carbons (Fsp3) is 0.667. The van der Waals surface area contributed by atoms with Crippen LogP contribution < -0.4 is 10.2 Å². The van der Waals surface area contributed by atoms with Crippen molar-refractivity contribution >= 4 is 11.8 Å². The summed E-state index contributed by atoms with van der Waals surface area (Å²) < 4.78 is 5.84. The Bertz CT molecular complexity index is 411. The molecule has 1 aromatic heterocycles. The minimum absolute atomic E-state index is 0.390. The van der Waals surface area contributed by atoms with Gasteiger partial charge in [-0.25, -0.2) is 4.98 Å². The minimum atomic E-state index is 0.390. The Balaban J connectivity index is 1.88. The van der Waals surface area contributed by atoms with Gasteiger partial charge in [-0.15, -0.1) is 0 Å². The molecule has 2 saturated heterocycles. The number of nitrogens with one attached hydrogen (secondary N) is 1. The molecule has 2 aliphatic heterocycles. The van der Waals surface area contributed by atoms with Crippen LogP contribution >= 0.6 is 0 Å². The minimum Gasteiger partial charge on any atom is -0.371 e. The maximum Gasteiger partial charge on any atom is 0.224 e. The van der Waals surface area contributed by atoms with Crippen molar-refractivity contribution in [1.82, 2.24) is 9.97 Å². The van der Waals surface area contributed by atoms with Gasteiger partial charge < -0.3 is 15.0 Å². The van der Waals surface area contributed by atoms with Crippen molar-refractivity contribution < 1.29 is 4.74 Å². The van der Waals surface area contributed by atoms with E-state index in [2.05, 4.69) is 27.1 Å². The van der Waals surface area contributed by atoms with Gasteiger partial charge in [0.1, 0.15) is 5.82 Å². The summed E-state index contributed by atoms with van der Waals surface area (Å²) in [6, 6.07) is 0. The van der Waals surface area contributed by atoms with Crippen molar-refractivity contribution in [1.29, 1.82) is 0 Å². The molecule has 17 heavy (non-hydrogen) atoms. The Hall–Kier alpha value is -1.36. The van der Waals surface area contributed by atoms with Crippen LogP contribution in [-0.2, 0) is 4.74 Å². The lowest BCUT2D eigenvalue weighted by Crippen LogP contribution is -2.43. The number of morpholine rings is 1. The summed E-state index contributed by atoms with van der Waals surface area (Å²) in [4.78, 5) is 11.1. The molecule has 92 valence electrons. The molecule has 5 nitrogen and oxygen atoms in total. The first-order valence-corrected chi connectivity index (χ1v) is 6.18. The third-order valence-electron chi connectivity index (χ3n) is 3.51. The highest BCUT2D eigenvalue weighted by molar-refractivity contribution is 5.49. The number of anilines is 2. The Morgan fingerprint density at radius 2 is 2.06 bits per heavy atom. The molecule has 0 amide bonds. The number of ether oxygens (including phenoxy) is 1. The average molecular weight is 234 g/mol. The summed E-state index contributed by atoms with van der Waals surface area (Å²) in [6.07, 6.45) is 5.03. The Labute approximate surface area is 101 Å². The molecular formula is C12H18N4O. The van der Waals surface area contributed by atoms with E-state index >= 15 is 0 Å². The fourth-order valence-electron chi connectivity index (χ4n) is 2.66. The third kappa shape index (κ3) is 1.95. The molecule has 0 saturated carbocycles. The van der Waals surface area contributed by atoms with Gasteiger partial charge in [0.15, 0.2) is 0 Å². The highest BCUT2D eigenvalue weighted by Crippen LogP contribution is 2.30. The van der Waals surface area contributed by atoms with Gasteiger partial charge in [-0.2, -0.15) is 4.98 Å². The third-order valence-corrected chi connectivity index (χ3v) is 3.51. The second-order valence-corrected chi connectivity index (χ2v) is 4.81. The molecule has 2 unspecified atom stereocenters. The van der Waals surface area contributed by atoms with Crippen LogP contribution in [-0.4, -0.2) is 42.3 Å². The molecule has 0 aliphatic carbocycles. The van der Waals surface area contributed by atoms with E-state index in [1.807, 2.05) is 13.2 Å². The SMILES string of the molecule is CNc1ncc(C)c(N2CC3CCC(C2)O3)n1. The van der Waals surface area contributed by atoms with Crippen LogP contribution in [0.5, 0.6) is 0 Å². The van der Waals surface area contributed by atoms with Crippen LogP contribution in [0.25, 0.3) is 0 Å². The summed E-state index contributed by atoms with van der Waals surface area (Å²) in [5.74, 6) is 1.73. The van der Waals surface area contributed by atoms with E-state index in [-0.39, 0.29) is 0 Å². The van der Waals surface area contributed by atoms with Gasteiger partial charge in [-0.3, -0.25) is 0 Å². The molecular weight excluding hydrogens is 216 g/mol. The first-order chi connectivity index (χ1) is 8.26. The molecule has 0 spiro atoms. The maximum absolute atomic E-state index is 5.84. The van der Waals surface area contributed by atoms with Crippen molar-refractivity contribution in [3.63, 3.8) is 0 Å². The molecule has 2 atom stereocenters. The van der Waals surface area contributed by atoms with Gasteiger partial charge in [-0.05, 0) is 19.8 Å². The summed E-state index contributed by atoms with van der Waals surface area (Å²) in [5, 5.41) is 2.99. The van der Waals surface area contributed by atoms with E-state index < -0.39 is 0 Å². The lowest BCUT2D eigenvalue weighted by molar-refractivity contribution is 0.0302. The van der Waals surface area contributed by atoms with Crippen LogP contribution in [0.4, 0.5) is 11.8 Å². The van der Waals surface area contributed by atoms with Gasteiger partial charge >= 0.3 is 0 Å². The van der Waals surface area contributed by atoms with E-state index in [1.54, 1.807) is 0 Å².